The highest BCUT2D eigenvalue weighted by Crippen LogP contribution is 2.34. The molecule has 5 nitrogen and oxygen atoms in total. The van der Waals surface area contributed by atoms with Crippen molar-refractivity contribution in [3.05, 3.63) is 30.6 Å². The molecule has 1 aromatic carbocycles. The fraction of sp³-hybridized carbons (Fsp3) is 0.500. The minimum atomic E-state index is 0.618. The van der Waals surface area contributed by atoms with Gasteiger partial charge in [0.15, 0.2) is 5.82 Å². The molecule has 2 heterocycles. The topological polar surface area (TPSA) is 43.0 Å². The van der Waals surface area contributed by atoms with Crippen LogP contribution in [0.15, 0.2) is 30.6 Å². The molecule has 0 bridgehead atoms. The number of hydrogen-bond acceptors (Lipinski definition) is 4. The van der Waals surface area contributed by atoms with Crippen LogP contribution in [0.2, 0.25) is 0 Å². The summed E-state index contributed by atoms with van der Waals surface area (Å²) >= 11 is 0. The molecule has 2 fully saturated rings. The van der Waals surface area contributed by atoms with E-state index in [9.17, 15) is 0 Å². The van der Waals surface area contributed by atoms with Gasteiger partial charge in [-0.2, -0.15) is 5.10 Å². The number of benzene rings is 1. The molecule has 21 heavy (non-hydrogen) atoms. The first-order valence-electron chi connectivity index (χ1n) is 7.64. The molecule has 1 saturated heterocycles. The first-order chi connectivity index (χ1) is 10.3. The fourth-order valence-corrected chi connectivity index (χ4v) is 2.90. The van der Waals surface area contributed by atoms with Crippen molar-refractivity contribution >= 4 is 0 Å². The van der Waals surface area contributed by atoms with E-state index in [1.165, 1.54) is 25.8 Å². The Labute approximate surface area is 124 Å². The normalized spacial score (nSPS) is 24.6. The van der Waals surface area contributed by atoms with Crippen LogP contribution in [0.5, 0.6) is 5.75 Å². The Morgan fingerprint density at radius 3 is 2.95 bits per heavy atom. The van der Waals surface area contributed by atoms with Gasteiger partial charge < -0.3 is 4.74 Å². The number of aromatic nitrogens is 3. The molecule has 1 aliphatic carbocycles. The Morgan fingerprint density at radius 1 is 1.33 bits per heavy atom. The van der Waals surface area contributed by atoms with Gasteiger partial charge in [-0.05, 0) is 25.0 Å². The predicted molar refractivity (Wildman–Crippen MR) is 80.1 cm³/mol. The van der Waals surface area contributed by atoms with E-state index >= 15 is 0 Å². The van der Waals surface area contributed by atoms with Gasteiger partial charge in [0, 0.05) is 25.2 Å². The van der Waals surface area contributed by atoms with Crippen molar-refractivity contribution in [1.82, 2.24) is 19.7 Å². The lowest BCUT2D eigenvalue weighted by Gasteiger charge is -2.27. The Kier molecular flexibility index (Phi) is 3.15. The summed E-state index contributed by atoms with van der Waals surface area (Å²) in [6.07, 6.45) is 5.85. The molecule has 1 aliphatic heterocycles. The molecule has 2 aromatic rings. The lowest BCUT2D eigenvalue weighted by molar-refractivity contribution is 0.215. The SMILES string of the molecule is Cn1cnc(-c2cccc(OCC3CN3C3CCC3)c2)n1. The summed E-state index contributed by atoms with van der Waals surface area (Å²) in [6.45, 7) is 1.99. The molecule has 0 radical (unpaired) electrons. The minimum Gasteiger partial charge on any atom is -0.492 e. The summed E-state index contributed by atoms with van der Waals surface area (Å²) in [4.78, 5) is 6.84. The number of hydrogen-bond donors (Lipinski definition) is 0. The van der Waals surface area contributed by atoms with E-state index in [-0.39, 0.29) is 0 Å². The summed E-state index contributed by atoms with van der Waals surface area (Å²) in [5.74, 6) is 1.64. The Hall–Kier alpha value is -1.88. The maximum absolute atomic E-state index is 5.94. The van der Waals surface area contributed by atoms with Gasteiger partial charge in [-0.25, -0.2) is 4.98 Å². The second kappa shape index (κ2) is 5.15. The first-order valence-corrected chi connectivity index (χ1v) is 7.64. The van der Waals surface area contributed by atoms with Crippen LogP contribution in [0, 0.1) is 0 Å². The van der Waals surface area contributed by atoms with Gasteiger partial charge in [-0.3, -0.25) is 9.58 Å². The molecule has 2 unspecified atom stereocenters. The van der Waals surface area contributed by atoms with Crippen LogP contribution in [-0.2, 0) is 7.05 Å². The summed E-state index contributed by atoms with van der Waals surface area (Å²) in [5, 5.41) is 4.33. The Balaban J connectivity index is 1.37. The molecule has 1 saturated carbocycles. The molecular weight excluding hydrogens is 264 g/mol. The van der Waals surface area contributed by atoms with E-state index in [1.807, 2.05) is 31.3 Å². The second-order valence-corrected chi connectivity index (χ2v) is 6.02. The van der Waals surface area contributed by atoms with E-state index in [0.29, 0.717) is 6.04 Å². The van der Waals surface area contributed by atoms with E-state index in [0.717, 1.165) is 29.8 Å². The van der Waals surface area contributed by atoms with Gasteiger partial charge in [0.2, 0.25) is 0 Å². The second-order valence-electron chi connectivity index (χ2n) is 6.02. The third kappa shape index (κ3) is 2.65. The highest BCUT2D eigenvalue weighted by Gasteiger charge is 2.42. The minimum absolute atomic E-state index is 0.618. The van der Waals surface area contributed by atoms with Gasteiger partial charge in [0.1, 0.15) is 18.7 Å². The summed E-state index contributed by atoms with van der Waals surface area (Å²) in [7, 11) is 1.87. The van der Waals surface area contributed by atoms with Crippen LogP contribution in [-0.4, -0.2) is 44.9 Å². The molecular formula is C16H20N4O. The number of aryl methyl sites for hydroxylation is 1. The summed E-state index contributed by atoms with van der Waals surface area (Å²) in [6, 6.07) is 9.49. The van der Waals surface area contributed by atoms with Gasteiger partial charge in [0.05, 0.1) is 6.04 Å². The van der Waals surface area contributed by atoms with Crippen molar-refractivity contribution in [3.63, 3.8) is 0 Å². The molecule has 5 heteroatoms. The van der Waals surface area contributed by atoms with Gasteiger partial charge in [-0.15, -0.1) is 0 Å². The van der Waals surface area contributed by atoms with Gasteiger partial charge in [0.25, 0.3) is 0 Å². The van der Waals surface area contributed by atoms with Crippen molar-refractivity contribution in [2.75, 3.05) is 13.2 Å². The Bertz CT molecular complexity index is 635. The lowest BCUT2D eigenvalue weighted by atomic mass is 9.93. The average molecular weight is 284 g/mol. The molecule has 0 spiro atoms. The molecule has 2 aliphatic rings. The van der Waals surface area contributed by atoms with E-state index in [4.69, 9.17) is 4.74 Å². The molecule has 2 atom stereocenters. The highest BCUT2D eigenvalue weighted by atomic mass is 16.5. The number of nitrogens with zero attached hydrogens (tertiary/aromatic N) is 4. The third-order valence-electron chi connectivity index (χ3n) is 4.43. The monoisotopic (exact) mass is 284 g/mol. The van der Waals surface area contributed by atoms with Crippen molar-refractivity contribution < 1.29 is 4.74 Å². The van der Waals surface area contributed by atoms with Crippen LogP contribution in [0.3, 0.4) is 0 Å². The van der Waals surface area contributed by atoms with Crippen LogP contribution < -0.4 is 4.74 Å². The largest absolute Gasteiger partial charge is 0.492 e. The fourth-order valence-electron chi connectivity index (χ4n) is 2.90. The van der Waals surface area contributed by atoms with Crippen molar-refractivity contribution in [2.24, 2.45) is 7.05 Å². The predicted octanol–water partition coefficient (Wildman–Crippen LogP) is 2.10. The molecule has 110 valence electrons. The average Bonchev–Trinajstić information content (AvgIpc) is 3.04. The van der Waals surface area contributed by atoms with Crippen molar-refractivity contribution in [3.8, 4) is 17.1 Å². The summed E-state index contributed by atoms with van der Waals surface area (Å²) in [5.41, 5.74) is 1.000. The standard InChI is InChI=1S/C16H20N4O/c1-19-11-17-16(18-19)12-4-2-7-15(8-12)21-10-14-9-20(14)13-5-3-6-13/h2,4,7-8,11,13-14H,3,5-6,9-10H2,1H3. The highest BCUT2D eigenvalue weighted by molar-refractivity contribution is 5.56. The molecule has 0 amide bonds. The summed E-state index contributed by atoms with van der Waals surface area (Å²) < 4.78 is 7.66. The van der Waals surface area contributed by atoms with Crippen LogP contribution >= 0.6 is 0 Å². The maximum atomic E-state index is 5.94. The number of ether oxygens (including phenoxy) is 1. The zero-order chi connectivity index (χ0) is 14.2. The quantitative estimate of drug-likeness (QED) is 0.789. The van der Waals surface area contributed by atoms with Crippen molar-refractivity contribution in [2.45, 2.75) is 31.3 Å². The lowest BCUT2D eigenvalue weighted by Crippen LogP contribution is -2.29. The van der Waals surface area contributed by atoms with Gasteiger partial charge >= 0.3 is 0 Å². The Morgan fingerprint density at radius 2 is 2.24 bits per heavy atom. The number of rotatable bonds is 5. The van der Waals surface area contributed by atoms with E-state index in [1.54, 1.807) is 11.0 Å². The maximum Gasteiger partial charge on any atom is 0.181 e. The van der Waals surface area contributed by atoms with Crippen LogP contribution in [0.25, 0.3) is 11.4 Å². The van der Waals surface area contributed by atoms with Gasteiger partial charge in [-0.1, -0.05) is 18.6 Å². The molecule has 0 N–H and O–H groups in total. The molecule has 1 aromatic heterocycles. The molecule has 4 rings (SSSR count). The smallest absolute Gasteiger partial charge is 0.181 e. The third-order valence-corrected chi connectivity index (χ3v) is 4.43. The zero-order valence-corrected chi connectivity index (χ0v) is 12.3. The first kappa shape index (κ1) is 12.8. The van der Waals surface area contributed by atoms with Crippen molar-refractivity contribution in [1.29, 1.82) is 0 Å². The van der Waals surface area contributed by atoms with E-state index in [2.05, 4.69) is 15.0 Å². The van der Waals surface area contributed by atoms with Crippen LogP contribution in [0.4, 0.5) is 0 Å². The van der Waals surface area contributed by atoms with E-state index < -0.39 is 0 Å². The van der Waals surface area contributed by atoms with Crippen LogP contribution in [0.1, 0.15) is 19.3 Å². The zero-order valence-electron chi connectivity index (χ0n) is 12.3.